The highest BCUT2D eigenvalue weighted by Crippen LogP contribution is 2.20. The smallest absolute Gasteiger partial charge is 0.315 e. The molecule has 7 heteroatoms. The molecule has 0 aliphatic rings. The highest BCUT2D eigenvalue weighted by atomic mass is 16.3. The van der Waals surface area contributed by atoms with E-state index in [4.69, 9.17) is 0 Å². The molecule has 2 amide bonds. The zero-order chi connectivity index (χ0) is 17.6. The lowest BCUT2D eigenvalue weighted by molar-refractivity contribution is 0.129. The van der Waals surface area contributed by atoms with Crippen LogP contribution in [-0.2, 0) is 6.54 Å². The van der Waals surface area contributed by atoms with Gasteiger partial charge in [-0.25, -0.2) is 14.8 Å². The summed E-state index contributed by atoms with van der Waals surface area (Å²) in [4.78, 5) is 20.2. The maximum Gasteiger partial charge on any atom is 0.315 e. The Balaban J connectivity index is 1.83. The lowest BCUT2D eigenvalue weighted by Gasteiger charge is -2.26. The van der Waals surface area contributed by atoms with Gasteiger partial charge >= 0.3 is 6.03 Å². The number of nitrogens with one attached hydrogen (secondary N) is 2. The summed E-state index contributed by atoms with van der Waals surface area (Å²) in [6.45, 7) is 6.69. The SMILES string of the molecule is CC(O)CC(C)(C)CNC(=O)NCc1ccnc(-n2ccnc2)c1. The first kappa shape index (κ1) is 17.9. The minimum atomic E-state index is -0.386. The molecule has 2 aromatic heterocycles. The highest BCUT2D eigenvalue weighted by molar-refractivity contribution is 5.73. The fourth-order valence-electron chi connectivity index (χ4n) is 2.54. The van der Waals surface area contributed by atoms with E-state index >= 15 is 0 Å². The number of carbonyl (C=O) groups excluding carboxylic acids is 1. The lowest BCUT2D eigenvalue weighted by atomic mass is 9.87. The Morgan fingerprint density at radius 2 is 2.17 bits per heavy atom. The molecule has 0 aromatic carbocycles. The second kappa shape index (κ2) is 7.92. The first-order valence-corrected chi connectivity index (χ1v) is 7.99. The average Bonchev–Trinajstić information content (AvgIpc) is 3.04. The topological polar surface area (TPSA) is 92.1 Å². The predicted molar refractivity (Wildman–Crippen MR) is 91.7 cm³/mol. The van der Waals surface area contributed by atoms with E-state index in [0.717, 1.165) is 11.4 Å². The minimum absolute atomic E-state index is 0.156. The molecule has 7 nitrogen and oxygen atoms in total. The van der Waals surface area contributed by atoms with Gasteiger partial charge in [-0.3, -0.25) is 4.57 Å². The highest BCUT2D eigenvalue weighted by Gasteiger charge is 2.20. The first-order valence-electron chi connectivity index (χ1n) is 7.99. The number of urea groups is 1. The fraction of sp³-hybridized carbons (Fsp3) is 0.471. The molecule has 0 saturated carbocycles. The molecule has 24 heavy (non-hydrogen) atoms. The zero-order valence-electron chi connectivity index (χ0n) is 14.4. The van der Waals surface area contributed by atoms with Crippen molar-refractivity contribution in [2.24, 2.45) is 5.41 Å². The lowest BCUT2D eigenvalue weighted by Crippen LogP contribution is -2.41. The Bertz CT molecular complexity index is 653. The van der Waals surface area contributed by atoms with E-state index in [-0.39, 0.29) is 17.6 Å². The van der Waals surface area contributed by atoms with Gasteiger partial charge in [0.15, 0.2) is 0 Å². The summed E-state index contributed by atoms with van der Waals surface area (Å²) in [6, 6.07) is 3.53. The molecule has 0 aliphatic heterocycles. The van der Waals surface area contributed by atoms with Gasteiger partial charge in [-0.05, 0) is 36.5 Å². The Hall–Kier alpha value is -2.41. The zero-order valence-corrected chi connectivity index (χ0v) is 14.4. The van der Waals surface area contributed by atoms with Crippen molar-refractivity contribution in [2.45, 2.75) is 39.8 Å². The van der Waals surface area contributed by atoms with Crippen molar-refractivity contribution in [2.75, 3.05) is 6.54 Å². The molecular weight excluding hydrogens is 306 g/mol. The van der Waals surface area contributed by atoms with Crippen LogP contribution in [0.25, 0.3) is 5.82 Å². The van der Waals surface area contributed by atoms with Crippen LogP contribution in [0.15, 0.2) is 37.1 Å². The molecule has 0 aliphatic carbocycles. The van der Waals surface area contributed by atoms with Crippen molar-refractivity contribution in [3.05, 3.63) is 42.6 Å². The molecule has 2 rings (SSSR count). The summed E-state index contributed by atoms with van der Waals surface area (Å²) in [6.07, 6.45) is 7.13. The van der Waals surface area contributed by atoms with Crippen LogP contribution in [0.1, 0.15) is 32.8 Å². The van der Waals surface area contributed by atoms with Crippen LogP contribution in [0.4, 0.5) is 4.79 Å². The van der Waals surface area contributed by atoms with Crippen LogP contribution in [0, 0.1) is 5.41 Å². The van der Waals surface area contributed by atoms with Crippen molar-refractivity contribution in [3.63, 3.8) is 0 Å². The molecule has 0 saturated heterocycles. The largest absolute Gasteiger partial charge is 0.393 e. The summed E-state index contributed by atoms with van der Waals surface area (Å²) >= 11 is 0. The Morgan fingerprint density at radius 1 is 1.38 bits per heavy atom. The molecule has 1 atom stereocenters. The van der Waals surface area contributed by atoms with Gasteiger partial charge in [0.2, 0.25) is 0 Å². The second-order valence-electron chi connectivity index (χ2n) is 6.75. The average molecular weight is 331 g/mol. The summed E-state index contributed by atoms with van der Waals surface area (Å²) in [5.41, 5.74) is 0.795. The summed E-state index contributed by atoms with van der Waals surface area (Å²) in [5, 5.41) is 15.1. The van der Waals surface area contributed by atoms with Crippen LogP contribution in [0.2, 0.25) is 0 Å². The summed E-state index contributed by atoms with van der Waals surface area (Å²) in [5.74, 6) is 0.755. The van der Waals surface area contributed by atoms with Gasteiger partial charge in [0.1, 0.15) is 12.1 Å². The molecular formula is C17H25N5O2. The molecule has 3 N–H and O–H groups in total. The maximum absolute atomic E-state index is 11.9. The third kappa shape index (κ3) is 5.66. The molecule has 130 valence electrons. The van der Waals surface area contributed by atoms with E-state index in [2.05, 4.69) is 20.6 Å². The maximum atomic E-state index is 11.9. The van der Waals surface area contributed by atoms with Crippen molar-refractivity contribution in [3.8, 4) is 5.82 Å². The number of amides is 2. The van der Waals surface area contributed by atoms with Gasteiger partial charge in [0, 0.05) is 31.7 Å². The van der Waals surface area contributed by atoms with E-state index in [1.807, 2.05) is 36.7 Å². The number of rotatable bonds is 7. The van der Waals surface area contributed by atoms with Gasteiger partial charge < -0.3 is 15.7 Å². The van der Waals surface area contributed by atoms with Gasteiger partial charge in [-0.2, -0.15) is 0 Å². The van der Waals surface area contributed by atoms with Crippen LogP contribution < -0.4 is 10.6 Å². The van der Waals surface area contributed by atoms with E-state index in [9.17, 15) is 9.90 Å². The summed E-state index contributed by atoms with van der Waals surface area (Å²) in [7, 11) is 0. The number of imidazole rings is 1. The van der Waals surface area contributed by atoms with Crippen molar-refractivity contribution < 1.29 is 9.90 Å². The van der Waals surface area contributed by atoms with Crippen molar-refractivity contribution in [1.82, 2.24) is 25.2 Å². The first-order chi connectivity index (χ1) is 11.4. The Labute approximate surface area is 142 Å². The number of aromatic nitrogens is 3. The fourth-order valence-corrected chi connectivity index (χ4v) is 2.54. The second-order valence-corrected chi connectivity index (χ2v) is 6.75. The molecule has 2 aromatic rings. The number of hydrogen-bond acceptors (Lipinski definition) is 4. The quantitative estimate of drug-likeness (QED) is 0.722. The number of pyridine rings is 1. The molecule has 0 radical (unpaired) electrons. The number of nitrogens with zero attached hydrogens (tertiary/aromatic N) is 3. The predicted octanol–water partition coefficient (Wildman–Crippen LogP) is 1.86. The molecule has 1 unspecified atom stereocenters. The third-order valence-corrected chi connectivity index (χ3v) is 3.61. The van der Waals surface area contributed by atoms with E-state index in [1.54, 1.807) is 25.6 Å². The Morgan fingerprint density at radius 3 is 2.83 bits per heavy atom. The summed E-state index contributed by atoms with van der Waals surface area (Å²) < 4.78 is 1.81. The third-order valence-electron chi connectivity index (χ3n) is 3.61. The molecule has 2 heterocycles. The Kier molecular flexibility index (Phi) is 5.92. The van der Waals surface area contributed by atoms with Crippen LogP contribution in [0.5, 0.6) is 0 Å². The van der Waals surface area contributed by atoms with E-state index in [0.29, 0.717) is 19.5 Å². The standard InChI is InChI=1S/C17H25N5O2/c1-13(23)9-17(2,3)11-21-16(24)20-10-14-4-5-19-15(8-14)22-7-6-18-12-22/h4-8,12-13,23H,9-11H2,1-3H3,(H2,20,21,24). The van der Waals surface area contributed by atoms with Crippen LogP contribution in [-0.4, -0.2) is 38.3 Å². The number of aliphatic hydroxyl groups is 1. The molecule has 0 spiro atoms. The van der Waals surface area contributed by atoms with E-state index in [1.165, 1.54) is 0 Å². The van der Waals surface area contributed by atoms with Crippen molar-refractivity contribution in [1.29, 1.82) is 0 Å². The van der Waals surface area contributed by atoms with Gasteiger partial charge in [-0.15, -0.1) is 0 Å². The van der Waals surface area contributed by atoms with Crippen LogP contribution >= 0.6 is 0 Å². The van der Waals surface area contributed by atoms with E-state index < -0.39 is 0 Å². The minimum Gasteiger partial charge on any atom is -0.393 e. The van der Waals surface area contributed by atoms with Gasteiger partial charge in [0.25, 0.3) is 0 Å². The number of carbonyl (C=O) groups is 1. The van der Waals surface area contributed by atoms with Gasteiger partial charge in [-0.1, -0.05) is 13.8 Å². The van der Waals surface area contributed by atoms with Gasteiger partial charge in [0.05, 0.1) is 6.10 Å². The monoisotopic (exact) mass is 331 g/mol. The normalized spacial score (nSPS) is 12.7. The van der Waals surface area contributed by atoms with Crippen molar-refractivity contribution >= 4 is 6.03 Å². The molecule has 0 fully saturated rings. The number of aliphatic hydroxyl groups excluding tert-OH is 1. The number of hydrogen-bond donors (Lipinski definition) is 3. The molecule has 0 bridgehead atoms. The van der Waals surface area contributed by atoms with Crippen LogP contribution in [0.3, 0.4) is 0 Å².